The fourth-order valence-electron chi connectivity index (χ4n) is 5.05. The van der Waals surface area contributed by atoms with Crippen LogP contribution in [0.25, 0.3) is 0 Å². The molecule has 0 aromatic rings. The third kappa shape index (κ3) is 9.39. The second-order valence-electron chi connectivity index (χ2n) is 9.27. The molecule has 5 heteroatoms. The molecule has 0 amide bonds. The van der Waals surface area contributed by atoms with Crippen LogP contribution in [0.2, 0.25) is 0 Å². The van der Waals surface area contributed by atoms with Gasteiger partial charge in [0.15, 0.2) is 5.96 Å². The van der Waals surface area contributed by atoms with Gasteiger partial charge in [0, 0.05) is 12.6 Å². The highest BCUT2D eigenvalue weighted by atomic mass is 15.3. The molecule has 0 heterocycles. The van der Waals surface area contributed by atoms with E-state index in [2.05, 4.69) is 37.6 Å². The van der Waals surface area contributed by atoms with E-state index >= 15 is 0 Å². The molecule has 29 heavy (non-hydrogen) atoms. The fourth-order valence-corrected chi connectivity index (χ4v) is 5.05. The Bertz CT molecular complexity index is 472. The predicted molar refractivity (Wildman–Crippen MR) is 127 cm³/mol. The first-order chi connectivity index (χ1) is 13.9. The molecule has 5 N–H and O–H groups in total. The Hall–Kier alpha value is -1.26. The van der Waals surface area contributed by atoms with Crippen molar-refractivity contribution in [3.8, 4) is 0 Å². The number of hydrogen-bond acceptors (Lipinski definition) is 1. The van der Waals surface area contributed by atoms with Crippen LogP contribution in [0.5, 0.6) is 0 Å². The topological polar surface area (TPSA) is 91.5 Å². The van der Waals surface area contributed by atoms with Crippen LogP contribution < -0.4 is 11.5 Å². The summed E-state index contributed by atoms with van der Waals surface area (Å²) in [4.78, 5) is 6.52. The Balaban J connectivity index is 3.20. The van der Waals surface area contributed by atoms with Gasteiger partial charge >= 0.3 is 0 Å². The lowest BCUT2D eigenvalue weighted by Gasteiger charge is -2.41. The molecule has 0 aromatic carbocycles. The van der Waals surface area contributed by atoms with E-state index < -0.39 is 0 Å². The molecule has 1 fully saturated rings. The molecule has 0 radical (unpaired) electrons. The lowest BCUT2D eigenvalue weighted by atomic mass is 9.79. The molecular weight excluding hydrogens is 358 g/mol. The van der Waals surface area contributed by atoms with Crippen LogP contribution in [0.15, 0.2) is 4.99 Å². The summed E-state index contributed by atoms with van der Waals surface area (Å²) in [6.45, 7) is 10.2. The van der Waals surface area contributed by atoms with Crippen molar-refractivity contribution in [1.29, 1.82) is 5.41 Å². The van der Waals surface area contributed by atoms with Gasteiger partial charge in [0.05, 0.1) is 0 Å². The third-order valence-corrected chi connectivity index (χ3v) is 6.93. The van der Waals surface area contributed by atoms with Crippen molar-refractivity contribution in [2.45, 2.75) is 117 Å². The number of nitrogens with zero attached hydrogens (tertiary/aromatic N) is 2. The smallest absolute Gasteiger partial charge is 0.221 e. The Morgan fingerprint density at radius 1 is 1.03 bits per heavy atom. The molecule has 4 atom stereocenters. The van der Waals surface area contributed by atoms with E-state index in [1.54, 1.807) is 0 Å². The molecule has 170 valence electrons. The molecule has 4 unspecified atom stereocenters. The zero-order chi connectivity index (χ0) is 21.6. The highest BCUT2D eigenvalue weighted by molar-refractivity contribution is 5.91. The van der Waals surface area contributed by atoms with E-state index in [4.69, 9.17) is 16.9 Å². The zero-order valence-corrected chi connectivity index (χ0v) is 19.8. The fraction of sp³-hybridized carbons (Fsp3) is 0.917. The molecule has 0 saturated heterocycles. The number of nitrogens with one attached hydrogen (secondary N) is 1. The first-order valence-electron chi connectivity index (χ1n) is 12.4. The van der Waals surface area contributed by atoms with Crippen LogP contribution in [0.3, 0.4) is 0 Å². The first kappa shape index (κ1) is 25.8. The first-order valence-corrected chi connectivity index (χ1v) is 12.4. The number of hydrogen-bond donors (Lipinski definition) is 3. The van der Waals surface area contributed by atoms with Gasteiger partial charge in [-0.05, 0) is 37.0 Å². The number of unbranched alkanes of at least 4 members (excludes halogenated alkanes) is 2. The quantitative estimate of drug-likeness (QED) is 0.312. The summed E-state index contributed by atoms with van der Waals surface area (Å²) in [5.41, 5.74) is 11.4. The van der Waals surface area contributed by atoms with Crippen LogP contribution in [0, 0.1) is 23.2 Å². The van der Waals surface area contributed by atoms with Gasteiger partial charge in [0.2, 0.25) is 5.96 Å². The Kier molecular flexibility index (Phi) is 13.0. The SMILES string of the molecule is CCCCC(CC)CN(C(=N)N=C(N)N)C1CCCCCCC(C)C1CCCC. The number of aliphatic imine (C=N–C) groups is 1. The zero-order valence-electron chi connectivity index (χ0n) is 19.8. The maximum absolute atomic E-state index is 8.75. The summed E-state index contributed by atoms with van der Waals surface area (Å²) >= 11 is 0. The van der Waals surface area contributed by atoms with Crippen LogP contribution in [-0.4, -0.2) is 29.4 Å². The van der Waals surface area contributed by atoms with Crippen molar-refractivity contribution in [3.05, 3.63) is 0 Å². The van der Waals surface area contributed by atoms with Crippen LogP contribution >= 0.6 is 0 Å². The van der Waals surface area contributed by atoms with Crippen molar-refractivity contribution in [3.63, 3.8) is 0 Å². The lowest BCUT2D eigenvalue weighted by Crippen LogP contribution is -2.48. The van der Waals surface area contributed by atoms with Gasteiger partial charge in [-0.15, -0.1) is 0 Å². The highest BCUT2D eigenvalue weighted by Gasteiger charge is 2.33. The van der Waals surface area contributed by atoms with Gasteiger partial charge < -0.3 is 16.4 Å². The van der Waals surface area contributed by atoms with Crippen molar-refractivity contribution < 1.29 is 0 Å². The Morgan fingerprint density at radius 3 is 2.28 bits per heavy atom. The number of rotatable bonds is 10. The maximum atomic E-state index is 8.75. The molecule has 0 aromatic heterocycles. The molecule has 5 nitrogen and oxygen atoms in total. The van der Waals surface area contributed by atoms with E-state index in [9.17, 15) is 0 Å². The largest absolute Gasteiger partial charge is 0.370 e. The van der Waals surface area contributed by atoms with Gasteiger partial charge in [-0.25, -0.2) is 0 Å². The van der Waals surface area contributed by atoms with Gasteiger partial charge in [-0.3, -0.25) is 5.41 Å². The van der Waals surface area contributed by atoms with Gasteiger partial charge in [-0.2, -0.15) is 4.99 Å². The third-order valence-electron chi connectivity index (χ3n) is 6.93. The number of nitrogens with two attached hydrogens (primary N) is 2. The monoisotopic (exact) mass is 407 g/mol. The van der Waals surface area contributed by atoms with E-state index in [-0.39, 0.29) is 11.9 Å². The minimum absolute atomic E-state index is 0.00262. The van der Waals surface area contributed by atoms with Crippen LogP contribution in [-0.2, 0) is 0 Å². The van der Waals surface area contributed by atoms with E-state index in [0.29, 0.717) is 23.8 Å². The van der Waals surface area contributed by atoms with Crippen LogP contribution in [0.1, 0.15) is 111 Å². The standard InChI is InChI=1S/C24H49N5/c1-5-8-15-20(7-3)18-29(24(27)28-23(25)26)22-17-13-11-10-12-14-19(4)21(22)16-9-6-2/h19-22H,5-18H2,1-4H3,(H5,25,26,27,28). The molecular formula is C24H49N5. The Labute approximate surface area is 180 Å². The van der Waals surface area contributed by atoms with E-state index in [0.717, 1.165) is 19.4 Å². The number of guanidine groups is 2. The average Bonchev–Trinajstić information content (AvgIpc) is 2.77. The van der Waals surface area contributed by atoms with Gasteiger partial charge in [-0.1, -0.05) is 91.9 Å². The second-order valence-corrected chi connectivity index (χ2v) is 9.27. The summed E-state index contributed by atoms with van der Waals surface area (Å²) in [6.07, 6.45) is 16.3. The lowest BCUT2D eigenvalue weighted by molar-refractivity contribution is 0.131. The predicted octanol–water partition coefficient (Wildman–Crippen LogP) is 5.88. The molecule has 1 aliphatic carbocycles. The van der Waals surface area contributed by atoms with Crippen molar-refractivity contribution in [2.75, 3.05) is 6.54 Å². The summed E-state index contributed by atoms with van der Waals surface area (Å²) in [5, 5.41) is 8.75. The van der Waals surface area contributed by atoms with Gasteiger partial charge in [0.25, 0.3) is 0 Å². The minimum Gasteiger partial charge on any atom is -0.370 e. The second kappa shape index (κ2) is 14.7. The molecule has 0 aliphatic heterocycles. The molecule has 1 aliphatic rings. The van der Waals surface area contributed by atoms with E-state index in [1.165, 1.54) is 70.6 Å². The van der Waals surface area contributed by atoms with E-state index in [1.807, 2.05) is 0 Å². The maximum Gasteiger partial charge on any atom is 0.221 e. The minimum atomic E-state index is 0.00262. The van der Waals surface area contributed by atoms with Crippen LogP contribution in [0.4, 0.5) is 0 Å². The summed E-state index contributed by atoms with van der Waals surface area (Å²) < 4.78 is 0. The highest BCUT2D eigenvalue weighted by Crippen LogP contribution is 2.35. The van der Waals surface area contributed by atoms with Crippen molar-refractivity contribution in [1.82, 2.24) is 4.90 Å². The Morgan fingerprint density at radius 2 is 1.69 bits per heavy atom. The van der Waals surface area contributed by atoms with Crippen molar-refractivity contribution in [2.24, 2.45) is 34.2 Å². The van der Waals surface area contributed by atoms with Gasteiger partial charge in [0.1, 0.15) is 0 Å². The summed E-state index contributed by atoms with van der Waals surface area (Å²) in [6, 6.07) is 0.376. The summed E-state index contributed by atoms with van der Waals surface area (Å²) in [7, 11) is 0. The normalized spacial score (nSPS) is 24.1. The van der Waals surface area contributed by atoms with Crippen molar-refractivity contribution >= 4 is 11.9 Å². The molecule has 1 saturated carbocycles. The molecule has 0 spiro atoms. The summed E-state index contributed by atoms with van der Waals surface area (Å²) in [5.74, 6) is 2.18. The average molecular weight is 408 g/mol. The molecule has 0 bridgehead atoms. The molecule has 1 rings (SSSR count).